The van der Waals surface area contributed by atoms with Gasteiger partial charge in [0, 0.05) is 19.1 Å². The average Bonchev–Trinajstić information content (AvgIpc) is 2.65. The lowest BCUT2D eigenvalue weighted by Gasteiger charge is -2.33. The van der Waals surface area contributed by atoms with Gasteiger partial charge in [-0.2, -0.15) is 4.31 Å². The first-order valence-electron chi connectivity index (χ1n) is 9.21. The number of rotatable bonds is 4. The van der Waals surface area contributed by atoms with Crippen LogP contribution in [0.4, 0.5) is 4.39 Å². The Hall–Kier alpha value is -1.22. The molecule has 1 atom stereocenters. The Labute approximate surface area is 163 Å². The van der Waals surface area contributed by atoms with Gasteiger partial charge in [0.1, 0.15) is 4.90 Å². The molecule has 0 bridgehead atoms. The van der Waals surface area contributed by atoms with E-state index >= 15 is 0 Å². The lowest BCUT2D eigenvalue weighted by atomic mass is 9.92. The zero-order chi connectivity index (χ0) is 19.6. The number of halogens is 2. The highest BCUT2D eigenvalue weighted by Crippen LogP contribution is 2.28. The molecule has 1 amide bonds. The molecule has 3 rings (SSSR count). The van der Waals surface area contributed by atoms with Gasteiger partial charge in [-0.3, -0.25) is 4.79 Å². The molecule has 150 valence electrons. The quantitative estimate of drug-likeness (QED) is 0.785. The van der Waals surface area contributed by atoms with Crippen molar-refractivity contribution in [2.24, 2.45) is 5.92 Å². The molecule has 1 saturated carbocycles. The van der Waals surface area contributed by atoms with Crippen LogP contribution in [0.1, 0.15) is 38.5 Å². The zero-order valence-electron chi connectivity index (χ0n) is 14.9. The summed E-state index contributed by atoms with van der Waals surface area (Å²) in [4.78, 5) is 12.1. The van der Waals surface area contributed by atoms with Crippen LogP contribution in [0.25, 0.3) is 0 Å². The van der Waals surface area contributed by atoms with Gasteiger partial charge in [-0.05, 0) is 50.7 Å². The van der Waals surface area contributed by atoms with E-state index in [9.17, 15) is 22.7 Å². The van der Waals surface area contributed by atoms with Crippen molar-refractivity contribution in [2.45, 2.75) is 55.6 Å². The van der Waals surface area contributed by atoms with Crippen LogP contribution in [0, 0.1) is 11.7 Å². The summed E-state index contributed by atoms with van der Waals surface area (Å²) in [5.41, 5.74) is 0. The predicted molar refractivity (Wildman–Crippen MR) is 99.3 cm³/mol. The van der Waals surface area contributed by atoms with Gasteiger partial charge in [0.2, 0.25) is 15.9 Å². The number of carbonyl (C=O) groups is 1. The molecular formula is C18H24ClFN2O4S. The van der Waals surface area contributed by atoms with Gasteiger partial charge < -0.3 is 10.4 Å². The molecule has 0 unspecified atom stereocenters. The third-order valence-electron chi connectivity index (χ3n) is 5.33. The first-order valence-corrected chi connectivity index (χ1v) is 11.0. The van der Waals surface area contributed by atoms with E-state index in [1.807, 2.05) is 0 Å². The molecule has 6 nitrogen and oxygen atoms in total. The second-order valence-corrected chi connectivity index (χ2v) is 9.58. The van der Waals surface area contributed by atoms with Crippen molar-refractivity contribution in [1.82, 2.24) is 9.62 Å². The highest BCUT2D eigenvalue weighted by atomic mass is 35.5. The fourth-order valence-corrected chi connectivity index (χ4v) is 5.58. The smallest absolute Gasteiger partial charge is 0.246 e. The first-order chi connectivity index (χ1) is 12.8. The molecule has 1 heterocycles. The molecular weight excluding hydrogens is 395 g/mol. The number of piperidine rings is 1. The highest BCUT2D eigenvalue weighted by Gasteiger charge is 2.35. The summed E-state index contributed by atoms with van der Waals surface area (Å²) >= 11 is 5.72. The SMILES string of the molecule is O=C(NC1CCC(O)CC1)[C@H]1CCCN(S(=O)(=O)c2cccc(Cl)c2F)C1. The molecule has 0 spiro atoms. The fourth-order valence-electron chi connectivity index (χ4n) is 3.74. The van der Waals surface area contributed by atoms with Gasteiger partial charge in [0.15, 0.2) is 5.82 Å². The maximum atomic E-state index is 14.2. The minimum Gasteiger partial charge on any atom is -0.393 e. The monoisotopic (exact) mass is 418 g/mol. The molecule has 0 radical (unpaired) electrons. The Balaban J connectivity index is 1.68. The largest absolute Gasteiger partial charge is 0.393 e. The summed E-state index contributed by atoms with van der Waals surface area (Å²) in [6.07, 6.45) is 3.56. The Morgan fingerprint density at radius 1 is 1.22 bits per heavy atom. The Bertz CT molecular complexity index is 797. The number of nitrogens with one attached hydrogen (secondary N) is 1. The van der Waals surface area contributed by atoms with Gasteiger partial charge in [-0.25, -0.2) is 12.8 Å². The van der Waals surface area contributed by atoms with E-state index in [0.29, 0.717) is 25.7 Å². The molecule has 1 saturated heterocycles. The van der Waals surface area contributed by atoms with Crippen molar-refractivity contribution in [3.05, 3.63) is 29.0 Å². The Morgan fingerprint density at radius 2 is 1.93 bits per heavy atom. The molecule has 1 aliphatic heterocycles. The minimum atomic E-state index is -4.06. The van der Waals surface area contributed by atoms with Crippen LogP contribution in [0.15, 0.2) is 23.1 Å². The predicted octanol–water partition coefficient (Wildman–Crippen LogP) is 2.30. The van der Waals surface area contributed by atoms with Crippen molar-refractivity contribution < 1.29 is 22.7 Å². The first kappa shape index (κ1) is 20.5. The molecule has 1 aromatic carbocycles. The molecule has 0 aromatic heterocycles. The van der Waals surface area contributed by atoms with Crippen LogP contribution in [0.2, 0.25) is 5.02 Å². The van der Waals surface area contributed by atoms with E-state index in [4.69, 9.17) is 11.6 Å². The van der Waals surface area contributed by atoms with Crippen molar-refractivity contribution >= 4 is 27.5 Å². The van der Waals surface area contributed by atoms with Gasteiger partial charge in [-0.1, -0.05) is 17.7 Å². The highest BCUT2D eigenvalue weighted by molar-refractivity contribution is 7.89. The van der Waals surface area contributed by atoms with E-state index < -0.39 is 26.7 Å². The maximum Gasteiger partial charge on any atom is 0.246 e. The molecule has 1 aliphatic carbocycles. The lowest BCUT2D eigenvalue weighted by Crippen LogP contribution is -2.48. The summed E-state index contributed by atoms with van der Waals surface area (Å²) in [6, 6.07) is 3.89. The fraction of sp³-hybridized carbons (Fsp3) is 0.611. The molecule has 27 heavy (non-hydrogen) atoms. The number of aliphatic hydroxyl groups excluding tert-OH is 1. The lowest BCUT2D eigenvalue weighted by molar-refractivity contribution is -0.127. The van der Waals surface area contributed by atoms with Crippen molar-refractivity contribution in [3.63, 3.8) is 0 Å². The number of carbonyl (C=O) groups excluding carboxylic acids is 1. The summed E-state index contributed by atoms with van der Waals surface area (Å²) in [6.45, 7) is 0.267. The normalized spacial score (nSPS) is 27.3. The van der Waals surface area contributed by atoms with E-state index in [1.54, 1.807) is 0 Å². The Morgan fingerprint density at radius 3 is 2.63 bits per heavy atom. The van der Waals surface area contributed by atoms with E-state index in [1.165, 1.54) is 22.5 Å². The molecule has 1 aromatic rings. The van der Waals surface area contributed by atoms with Crippen LogP contribution in [-0.4, -0.2) is 49.0 Å². The van der Waals surface area contributed by atoms with Gasteiger partial charge >= 0.3 is 0 Å². The van der Waals surface area contributed by atoms with Crippen LogP contribution in [-0.2, 0) is 14.8 Å². The molecule has 2 N–H and O–H groups in total. The van der Waals surface area contributed by atoms with Crippen LogP contribution < -0.4 is 5.32 Å². The molecule has 9 heteroatoms. The maximum absolute atomic E-state index is 14.2. The number of nitrogens with zero attached hydrogens (tertiary/aromatic N) is 1. The number of amides is 1. The summed E-state index contributed by atoms with van der Waals surface area (Å²) in [7, 11) is -4.06. The molecule has 2 fully saturated rings. The zero-order valence-corrected chi connectivity index (χ0v) is 16.5. The van der Waals surface area contributed by atoms with Crippen molar-refractivity contribution in [1.29, 1.82) is 0 Å². The number of benzene rings is 1. The average molecular weight is 419 g/mol. The van der Waals surface area contributed by atoms with Crippen molar-refractivity contribution in [2.75, 3.05) is 13.1 Å². The summed E-state index contributed by atoms with van der Waals surface area (Å²) < 4.78 is 41.0. The number of hydrogen-bond donors (Lipinski definition) is 2. The van der Waals surface area contributed by atoms with Crippen LogP contribution >= 0.6 is 11.6 Å². The Kier molecular flexibility index (Phi) is 6.40. The van der Waals surface area contributed by atoms with Gasteiger partial charge in [-0.15, -0.1) is 0 Å². The van der Waals surface area contributed by atoms with Crippen LogP contribution in [0.5, 0.6) is 0 Å². The van der Waals surface area contributed by atoms with E-state index in [0.717, 1.165) is 12.8 Å². The molecule has 2 aliphatic rings. The second kappa shape index (κ2) is 8.43. The number of aliphatic hydroxyl groups is 1. The third-order valence-corrected chi connectivity index (χ3v) is 7.51. The summed E-state index contributed by atoms with van der Waals surface area (Å²) in [5, 5.41) is 12.3. The number of hydrogen-bond acceptors (Lipinski definition) is 4. The summed E-state index contributed by atoms with van der Waals surface area (Å²) in [5.74, 6) is -1.61. The minimum absolute atomic E-state index is 0.0123. The van der Waals surface area contributed by atoms with Crippen molar-refractivity contribution in [3.8, 4) is 0 Å². The van der Waals surface area contributed by atoms with E-state index in [2.05, 4.69) is 5.32 Å². The number of sulfonamides is 1. The van der Waals surface area contributed by atoms with Crippen LogP contribution in [0.3, 0.4) is 0 Å². The van der Waals surface area contributed by atoms with Gasteiger partial charge in [0.25, 0.3) is 0 Å². The standard InChI is InChI=1S/C18H24ClFN2O4S/c19-15-4-1-5-16(17(15)20)27(25,26)22-10-2-3-12(11-22)18(24)21-13-6-8-14(23)9-7-13/h1,4-5,12-14,23H,2-3,6-11H2,(H,21,24)/t12-,13?,14?/m0/s1. The van der Waals surface area contributed by atoms with E-state index in [-0.39, 0.29) is 36.2 Å². The third kappa shape index (κ3) is 4.62. The topological polar surface area (TPSA) is 86.7 Å². The second-order valence-electron chi connectivity index (χ2n) is 7.27. The van der Waals surface area contributed by atoms with Gasteiger partial charge in [0.05, 0.1) is 17.0 Å².